The van der Waals surface area contributed by atoms with E-state index in [2.05, 4.69) is 29.2 Å². The molecule has 2 unspecified atom stereocenters. The summed E-state index contributed by atoms with van der Waals surface area (Å²) in [5, 5.41) is 8.81. The van der Waals surface area contributed by atoms with Crippen molar-refractivity contribution in [3.8, 4) is 0 Å². The van der Waals surface area contributed by atoms with Gasteiger partial charge in [-0.05, 0) is 19.8 Å². The van der Waals surface area contributed by atoms with Crippen LogP contribution in [0.4, 0.5) is 0 Å². The van der Waals surface area contributed by atoms with E-state index >= 15 is 0 Å². The lowest BCUT2D eigenvalue weighted by Gasteiger charge is -2.40. The van der Waals surface area contributed by atoms with Crippen LogP contribution in [0.15, 0.2) is 0 Å². The fraction of sp³-hybridized carbons (Fsp3) is 0.786. The standard InChI is InChI=1S/C14H25ClN4/c1-5-11-8-19(12(6-2)7-16-11)9-13-10(3)17-18(4)14(13)15/h11-12,16H,5-9H2,1-4H3. The van der Waals surface area contributed by atoms with E-state index in [0.29, 0.717) is 12.1 Å². The van der Waals surface area contributed by atoms with E-state index in [1.807, 2.05) is 14.0 Å². The first-order valence-electron chi connectivity index (χ1n) is 7.22. The maximum absolute atomic E-state index is 6.35. The molecule has 1 aromatic rings. The van der Waals surface area contributed by atoms with E-state index in [0.717, 1.165) is 30.5 Å². The molecule has 0 amide bonds. The van der Waals surface area contributed by atoms with Crippen molar-refractivity contribution in [3.05, 3.63) is 16.4 Å². The van der Waals surface area contributed by atoms with E-state index in [4.69, 9.17) is 11.6 Å². The summed E-state index contributed by atoms with van der Waals surface area (Å²) in [6, 6.07) is 1.19. The average Bonchev–Trinajstić information content (AvgIpc) is 2.65. The summed E-state index contributed by atoms with van der Waals surface area (Å²) in [5.41, 5.74) is 2.23. The van der Waals surface area contributed by atoms with Crippen LogP contribution in [0.5, 0.6) is 0 Å². The van der Waals surface area contributed by atoms with E-state index in [-0.39, 0.29) is 0 Å². The van der Waals surface area contributed by atoms with Gasteiger partial charge in [-0.2, -0.15) is 5.10 Å². The second kappa shape index (κ2) is 6.25. The Morgan fingerprint density at radius 3 is 2.63 bits per heavy atom. The van der Waals surface area contributed by atoms with Crippen LogP contribution in [0.1, 0.15) is 37.9 Å². The van der Waals surface area contributed by atoms with Gasteiger partial charge < -0.3 is 5.32 Å². The van der Waals surface area contributed by atoms with Gasteiger partial charge in [0.25, 0.3) is 0 Å². The number of aryl methyl sites for hydroxylation is 2. The van der Waals surface area contributed by atoms with Crippen molar-refractivity contribution in [2.75, 3.05) is 13.1 Å². The molecule has 1 aliphatic heterocycles. The number of hydrogen-bond donors (Lipinski definition) is 1. The number of aromatic nitrogens is 2. The Morgan fingerprint density at radius 2 is 2.11 bits per heavy atom. The van der Waals surface area contributed by atoms with Gasteiger partial charge in [-0.25, -0.2) is 0 Å². The Balaban J connectivity index is 2.14. The molecule has 0 saturated carbocycles. The molecular weight excluding hydrogens is 260 g/mol. The van der Waals surface area contributed by atoms with Gasteiger partial charge >= 0.3 is 0 Å². The highest BCUT2D eigenvalue weighted by molar-refractivity contribution is 6.30. The quantitative estimate of drug-likeness (QED) is 0.921. The minimum absolute atomic E-state index is 0.596. The summed E-state index contributed by atoms with van der Waals surface area (Å²) in [6.07, 6.45) is 2.34. The molecular formula is C14H25ClN4. The third-order valence-electron chi connectivity index (χ3n) is 4.21. The molecule has 19 heavy (non-hydrogen) atoms. The third-order valence-corrected chi connectivity index (χ3v) is 4.68. The first-order chi connectivity index (χ1) is 9.06. The Bertz CT molecular complexity index is 429. The molecule has 1 aliphatic rings. The Hall–Kier alpha value is -0.580. The maximum Gasteiger partial charge on any atom is 0.131 e. The fourth-order valence-electron chi connectivity index (χ4n) is 2.85. The largest absolute Gasteiger partial charge is 0.311 e. The Labute approximate surface area is 121 Å². The van der Waals surface area contributed by atoms with Crippen LogP contribution < -0.4 is 5.32 Å². The van der Waals surface area contributed by atoms with Crippen LogP contribution in [0.25, 0.3) is 0 Å². The summed E-state index contributed by atoms with van der Waals surface area (Å²) in [6.45, 7) is 9.62. The monoisotopic (exact) mass is 284 g/mol. The number of piperazine rings is 1. The highest BCUT2D eigenvalue weighted by Crippen LogP contribution is 2.23. The molecule has 1 saturated heterocycles. The zero-order valence-electron chi connectivity index (χ0n) is 12.4. The second-order valence-electron chi connectivity index (χ2n) is 5.48. The number of hydrogen-bond acceptors (Lipinski definition) is 3. The predicted molar refractivity (Wildman–Crippen MR) is 79.5 cm³/mol. The van der Waals surface area contributed by atoms with Crippen LogP contribution in [-0.2, 0) is 13.6 Å². The lowest BCUT2D eigenvalue weighted by Crippen LogP contribution is -2.55. The van der Waals surface area contributed by atoms with Crippen molar-refractivity contribution in [2.45, 2.75) is 52.2 Å². The summed E-state index contributed by atoms with van der Waals surface area (Å²) < 4.78 is 1.77. The van der Waals surface area contributed by atoms with Crippen LogP contribution >= 0.6 is 11.6 Å². The van der Waals surface area contributed by atoms with Gasteiger partial charge in [0.15, 0.2) is 0 Å². The van der Waals surface area contributed by atoms with Crippen LogP contribution in [-0.4, -0.2) is 39.9 Å². The number of nitrogens with one attached hydrogen (secondary N) is 1. The minimum Gasteiger partial charge on any atom is -0.311 e. The molecule has 0 radical (unpaired) electrons. The molecule has 5 heteroatoms. The number of rotatable bonds is 4. The highest BCUT2D eigenvalue weighted by atomic mass is 35.5. The molecule has 4 nitrogen and oxygen atoms in total. The molecule has 2 rings (SSSR count). The summed E-state index contributed by atoms with van der Waals surface area (Å²) >= 11 is 6.35. The topological polar surface area (TPSA) is 33.1 Å². The molecule has 1 N–H and O–H groups in total. The van der Waals surface area contributed by atoms with E-state index < -0.39 is 0 Å². The van der Waals surface area contributed by atoms with Crippen molar-refractivity contribution in [1.82, 2.24) is 20.0 Å². The van der Waals surface area contributed by atoms with Crippen LogP contribution in [0.2, 0.25) is 5.15 Å². The first kappa shape index (κ1) is 14.8. The molecule has 0 aromatic carbocycles. The molecule has 1 fully saturated rings. The van der Waals surface area contributed by atoms with E-state index in [9.17, 15) is 0 Å². The first-order valence-corrected chi connectivity index (χ1v) is 7.60. The zero-order valence-corrected chi connectivity index (χ0v) is 13.2. The van der Waals surface area contributed by atoms with Crippen molar-refractivity contribution < 1.29 is 0 Å². The van der Waals surface area contributed by atoms with Crippen molar-refractivity contribution >= 4 is 11.6 Å². The van der Waals surface area contributed by atoms with Crippen molar-refractivity contribution in [3.63, 3.8) is 0 Å². The molecule has 108 valence electrons. The number of nitrogens with zero attached hydrogens (tertiary/aromatic N) is 3. The summed E-state index contributed by atoms with van der Waals surface area (Å²) in [4.78, 5) is 2.56. The van der Waals surface area contributed by atoms with E-state index in [1.165, 1.54) is 18.4 Å². The van der Waals surface area contributed by atoms with Crippen LogP contribution in [0, 0.1) is 6.92 Å². The molecule has 1 aromatic heterocycles. The molecule has 2 heterocycles. The Morgan fingerprint density at radius 1 is 1.37 bits per heavy atom. The lowest BCUT2D eigenvalue weighted by molar-refractivity contribution is 0.117. The van der Waals surface area contributed by atoms with Gasteiger partial charge in [0.2, 0.25) is 0 Å². The zero-order chi connectivity index (χ0) is 14.0. The smallest absolute Gasteiger partial charge is 0.131 e. The van der Waals surface area contributed by atoms with Gasteiger partial charge in [-0.15, -0.1) is 0 Å². The average molecular weight is 285 g/mol. The predicted octanol–water partition coefficient (Wildman–Crippen LogP) is 2.34. The SMILES string of the molecule is CCC1CN(Cc2c(C)nn(C)c2Cl)C(CC)CN1. The molecule has 0 spiro atoms. The fourth-order valence-corrected chi connectivity index (χ4v) is 3.09. The van der Waals surface area contributed by atoms with Crippen molar-refractivity contribution in [2.24, 2.45) is 7.05 Å². The van der Waals surface area contributed by atoms with Gasteiger partial charge in [0, 0.05) is 44.3 Å². The van der Waals surface area contributed by atoms with Gasteiger partial charge in [0.1, 0.15) is 5.15 Å². The number of halogens is 1. The molecule has 0 aliphatic carbocycles. The van der Waals surface area contributed by atoms with E-state index in [1.54, 1.807) is 4.68 Å². The van der Waals surface area contributed by atoms with Gasteiger partial charge in [0.05, 0.1) is 5.69 Å². The highest BCUT2D eigenvalue weighted by Gasteiger charge is 2.27. The van der Waals surface area contributed by atoms with Crippen LogP contribution in [0.3, 0.4) is 0 Å². The van der Waals surface area contributed by atoms with Gasteiger partial charge in [-0.3, -0.25) is 9.58 Å². The second-order valence-corrected chi connectivity index (χ2v) is 5.84. The molecule has 2 atom stereocenters. The summed E-state index contributed by atoms with van der Waals surface area (Å²) in [5.74, 6) is 0. The third kappa shape index (κ3) is 3.12. The van der Waals surface area contributed by atoms with Crippen molar-refractivity contribution in [1.29, 1.82) is 0 Å². The van der Waals surface area contributed by atoms with Gasteiger partial charge in [-0.1, -0.05) is 25.4 Å². The Kier molecular flexibility index (Phi) is 4.87. The molecule has 0 bridgehead atoms. The normalized spacial score (nSPS) is 24.9. The lowest BCUT2D eigenvalue weighted by atomic mass is 10.0. The minimum atomic E-state index is 0.596. The summed E-state index contributed by atoms with van der Waals surface area (Å²) in [7, 11) is 1.91. The maximum atomic E-state index is 6.35.